The van der Waals surface area contributed by atoms with Gasteiger partial charge in [-0.3, -0.25) is 19.7 Å². The highest BCUT2D eigenvalue weighted by Gasteiger charge is 2.29. The molecule has 3 atom stereocenters. The molecule has 12 rings (SSSR count). The Morgan fingerprint density at radius 3 is 1.54 bits per heavy atom. The molecule has 3 aliphatic heterocycles. The van der Waals surface area contributed by atoms with E-state index < -0.39 is 11.2 Å². The smallest absolute Gasteiger partial charge is 0.410 e. The summed E-state index contributed by atoms with van der Waals surface area (Å²) in [4.78, 5) is 77.2. The zero-order chi connectivity index (χ0) is 59.5. The molecule has 3 aliphatic rings. The topological polar surface area (TPSA) is 285 Å². The average Bonchev–Trinajstić information content (AvgIpc) is 4.41. The van der Waals surface area contributed by atoms with Crippen LogP contribution < -0.4 is 16.6 Å². The number of aryl methyl sites for hydroxylation is 3. The van der Waals surface area contributed by atoms with Gasteiger partial charge in [0.25, 0.3) is 5.56 Å². The highest BCUT2D eigenvalue weighted by Crippen LogP contribution is 2.28. The first-order valence-electron chi connectivity index (χ1n) is 28.7. The molecular formula is C60H77N19O5. The first-order valence-corrected chi connectivity index (χ1v) is 28.7. The van der Waals surface area contributed by atoms with Crippen molar-refractivity contribution < 1.29 is 19.1 Å². The van der Waals surface area contributed by atoms with Gasteiger partial charge in [0.15, 0.2) is 11.6 Å². The second-order valence-electron chi connectivity index (χ2n) is 23.7. The maximum atomic E-state index is 12.5. The van der Waals surface area contributed by atoms with E-state index >= 15 is 0 Å². The number of hydrogen-bond donors (Lipinski definition) is 3. The fourth-order valence-electron chi connectivity index (χ4n) is 10.1. The number of carbonyl (C=O) groups is 2. The van der Waals surface area contributed by atoms with Gasteiger partial charge in [-0.2, -0.15) is 15.3 Å². The summed E-state index contributed by atoms with van der Waals surface area (Å²) in [5.74, 6) is 2.90. The number of rotatable bonds is 7. The van der Waals surface area contributed by atoms with E-state index in [1.807, 2.05) is 78.2 Å². The number of carbonyl (C=O) groups excluding carboxylic acids is 2. The normalized spacial score (nSPS) is 17.3. The van der Waals surface area contributed by atoms with Gasteiger partial charge in [-0.15, -0.1) is 0 Å². The lowest BCUT2D eigenvalue weighted by molar-refractivity contribution is 0.0163. The fourth-order valence-corrected chi connectivity index (χ4v) is 10.1. The first-order chi connectivity index (χ1) is 40.2. The van der Waals surface area contributed by atoms with Crippen molar-refractivity contribution in [3.63, 3.8) is 0 Å². The molecule has 84 heavy (non-hydrogen) atoms. The maximum Gasteiger partial charge on any atom is 0.410 e. The molecule has 12 heterocycles. The summed E-state index contributed by atoms with van der Waals surface area (Å²) >= 11 is 0. The summed E-state index contributed by atoms with van der Waals surface area (Å²) in [5, 5.41) is 16.3. The number of likely N-dealkylation sites (tertiary alicyclic amines) is 2. The van der Waals surface area contributed by atoms with Gasteiger partial charge in [0, 0.05) is 105 Å². The molecule has 0 aromatic carbocycles. The summed E-state index contributed by atoms with van der Waals surface area (Å²) < 4.78 is 16.1. The molecule has 9 aromatic rings. The molecule has 0 aliphatic carbocycles. The van der Waals surface area contributed by atoms with Crippen molar-refractivity contribution in [2.75, 3.05) is 39.3 Å². The predicted octanol–water partition coefficient (Wildman–Crippen LogP) is 7.85. The Labute approximate surface area is 488 Å². The van der Waals surface area contributed by atoms with Gasteiger partial charge in [0.05, 0.1) is 70.4 Å². The number of hydrogen-bond acceptors (Lipinski definition) is 18. The standard InChI is InChI=1S/C22H28N6O2.C17H20N6.C11H9N5O.C10H20N2O2/c1-15-11-24-20(17-12-25-28-9-7-23-13-19(17)28)26-18(15)10-16-6-5-8-27(14-16)21(29)30-22(2,3)4;1-12-8-20-17(14-10-21-23-6-5-19-11-16(14)23)22-15(12)7-13-3-2-4-18-9-13;1-7-4-13-10(15-11(7)17)8-5-14-16-3-2-12-6-9(8)16;1-10(2,3)14-9(13)12-6-4-5-8(11)7-12/h7,9,11-13,16H,5-6,8,10,14H2,1-4H3;5-6,8,10-11,13,18H,2-4,7,9H2,1H3;2-6H,1H3,(H,13,15,17);8H,4-7,11H2,1-3H3/t16-;13-;;8-/m00.1/s1. The van der Waals surface area contributed by atoms with Crippen LogP contribution in [0, 0.1) is 32.6 Å². The number of ether oxygens (including phenoxy) is 2. The molecule has 2 amide bonds. The van der Waals surface area contributed by atoms with Crippen molar-refractivity contribution in [3.05, 3.63) is 131 Å². The third-order valence-corrected chi connectivity index (χ3v) is 14.5. The fraction of sp³-hybridized carbons (Fsp3) is 0.467. The Hall–Kier alpha value is -8.64. The minimum atomic E-state index is -0.481. The van der Waals surface area contributed by atoms with Crippen molar-refractivity contribution in [2.24, 2.45) is 17.6 Å². The second kappa shape index (κ2) is 26.7. The van der Waals surface area contributed by atoms with Crippen molar-refractivity contribution in [1.82, 2.24) is 88.8 Å². The molecule has 0 spiro atoms. The van der Waals surface area contributed by atoms with Crippen LogP contribution in [-0.4, -0.2) is 152 Å². The molecule has 24 nitrogen and oxygen atoms in total. The molecule has 3 saturated heterocycles. The molecule has 4 N–H and O–H groups in total. The van der Waals surface area contributed by atoms with E-state index in [1.165, 1.54) is 12.8 Å². The molecular weight excluding hydrogens is 1070 g/mol. The first kappa shape index (κ1) is 60.0. The van der Waals surface area contributed by atoms with Crippen LogP contribution in [-0.2, 0) is 22.3 Å². The summed E-state index contributed by atoms with van der Waals surface area (Å²) in [6.45, 7) is 22.2. The van der Waals surface area contributed by atoms with Crippen molar-refractivity contribution in [3.8, 4) is 34.2 Å². The zero-order valence-electron chi connectivity index (χ0n) is 49.6. The van der Waals surface area contributed by atoms with E-state index in [1.54, 1.807) is 93.5 Å². The van der Waals surface area contributed by atoms with E-state index in [9.17, 15) is 14.4 Å². The largest absolute Gasteiger partial charge is 0.444 e. The van der Waals surface area contributed by atoms with E-state index in [0.29, 0.717) is 42.1 Å². The van der Waals surface area contributed by atoms with Crippen LogP contribution in [0.15, 0.2) is 97.7 Å². The van der Waals surface area contributed by atoms with Gasteiger partial charge < -0.3 is 35.3 Å². The van der Waals surface area contributed by atoms with E-state index in [-0.39, 0.29) is 23.8 Å². The quantitative estimate of drug-likeness (QED) is 0.137. The van der Waals surface area contributed by atoms with Crippen LogP contribution in [0.5, 0.6) is 0 Å². The predicted molar refractivity (Wildman–Crippen MR) is 318 cm³/mol. The monoisotopic (exact) mass is 1140 g/mol. The van der Waals surface area contributed by atoms with Crippen LogP contribution in [0.4, 0.5) is 9.59 Å². The van der Waals surface area contributed by atoms with Crippen LogP contribution in [0.25, 0.3) is 50.7 Å². The van der Waals surface area contributed by atoms with Crippen LogP contribution >= 0.6 is 0 Å². The van der Waals surface area contributed by atoms with Crippen LogP contribution in [0.3, 0.4) is 0 Å². The maximum absolute atomic E-state index is 12.5. The number of aromatic amines is 1. The number of piperidine rings is 3. The zero-order valence-corrected chi connectivity index (χ0v) is 49.6. The van der Waals surface area contributed by atoms with Gasteiger partial charge >= 0.3 is 12.2 Å². The molecule has 0 unspecified atom stereocenters. The van der Waals surface area contributed by atoms with Crippen LogP contribution in [0.1, 0.15) is 108 Å². The van der Waals surface area contributed by atoms with Crippen molar-refractivity contribution in [2.45, 2.75) is 131 Å². The SMILES string of the molecule is CC(C)(C)OC(=O)N1CCC[C@@H](N)C1.Cc1cnc(-c2cnn3ccncc23)[nH]c1=O.Cc1cnc(-c2cnn3ccncc23)nc1C[C@@H]1CCCN(C(=O)OC(C)(C)C)C1.Cc1cnc(-c2cnn3ccncc23)nc1C[C@@H]1CCCNC1. The number of H-pyrrole nitrogens is 1. The molecule has 24 heteroatoms. The molecule has 0 radical (unpaired) electrons. The number of nitrogens with one attached hydrogen (secondary N) is 2. The number of nitrogens with zero attached hydrogens (tertiary/aromatic N) is 16. The lowest BCUT2D eigenvalue weighted by atomic mass is 9.92. The van der Waals surface area contributed by atoms with Crippen LogP contribution in [0.2, 0.25) is 0 Å². The van der Waals surface area contributed by atoms with E-state index in [4.69, 9.17) is 25.2 Å². The Kier molecular flexibility index (Phi) is 19.1. The van der Waals surface area contributed by atoms with Gasteiger partial charge in [0.2, 0.25) is 0 Å². The highest BCUT2D eigenvalue weighted by molar-refractivity contribution is 5.76. The van der Waals surface area contributed by atoms with E-state index in [0.717, 1.165) is 126 Å². The summed E-state index contributed by atoms with van der Waals surface area (Å²) in [6, 6.07) is 0.108. The minimum Gasteiger partial charge on any atom is -0.444 e. The average molecular weight is 1140 g/mol. The second-order valence-corrected chi connectivity index (χ2v) is 23.7. The summed E-state index contributed by atoms with van der Waals surface area (Å²) in [6.07, 6.45) is 34.2. The molecule has 0 bridgehead atoms. The molecule has 9 aromatic heterocycles. The van der Waals surface area contributed by atoms with Crippen molar-refractivity contribution >= 4 is 28.7 Å². The lowest BCUT2D eigenvalue weighted by Crippen LogP contribution is -2.47. The number of nitrogens with two attached hydrogens (primary N) is 1. The minimum absolute atomic E-state index is 0.108. The summed E-state index contributed by atoms with van der Waals surface area (Å²) in [5.41, 5.74) is 14.9. The van der Waals surface area contributed by atoms with E-state index in [2.05, 4.69) is 62.4 Å². The Morgan fingerprint density at radius 1 is 0.583 bits per heavy atom. The Bertz CT molecular complexity index is 3740. The van der Waals surface area contributed by atoms with Crippen molar-refractivity contribution in [1.29, 1.82) is 0 Å². The Balaban J connectivity index is 0.000000140. The number of aromatic nitrogens is 15. The Morgan fingerprint density at radius 2 is 1.05 bits per heavy atom. The van der Waals surface area contributed by atoms with Gasteiger partial charge in [0.1, 0.15) is 17.0 Å². The molecule has 0 saturated carbocycles. The third kappa shape index (κ3) is 15.7. The summed E-state index contributed by atoms with van der Waals surface area (Å²) in [7, 11) is 0. The third-order valence-electron chi connectivity index (χ3n) is 14.5. The molecule has 442 valence electrons. The van der Waals surface area contributed by atoms with Gasteiger partial charge in [-0.1, -0.05) is 0 Å². The highest BCUT2D eigenvalue weighted by atomic mass is 16.6. The number of fused-ring (bicyclic) bond motifs is 3. The van der Waals surface area contributed by atoms with Gasteiger partial charge in [-0.25, -0.2) is 48.1 Å². The lowest BCUT2D eigenvalue weighted by Gasteiger charge is -2.34. The molecule has 3 fully saturated rings. The van der Waals surface area contributed by atoms with Gasteiger partial charge in [-0.05, 0) is 150 Å². The number of amides is 2.